The summed E-state index contributed by atoms with van der Waals surface area (Å²) in [5.41, 5.74) is 0. The number of hydrogen-bond acceptors (Lipinski definition) is 19. The zero-order valence-electron chi connectivity index (χ0n) is 45.0. The van der Waals surface area contributed by atoms with Gasteiger partial charge in [-0.1, -0.05) is 124 Å². The molecule has 0 spiro atoms. The first kappa shape index (κ1) is 63.2. The second kappa shape index (κ2) is 32.4. The minimum Gasteiger partial charge on any atom is -0.462 e. The van der Waals surface area contributed by atoms with Crippen LogP contribution in [0, 0.1) is 17.8 Å². The molecule has 20 nitrogen and oxygen atoms in total. The van der Waals surface area contributed by atoms with E-state index < -0.39 is 115 Å². The van der Waals surface area contributed by atoms with Gasteiger partial charge in [-0.25, -0.2) is 4.79 Å². The fourth-order valence-electron chi connectivity index (χ4n) is 9.80. The van der Waals surface area contributed by atoms with Crippen molar-refractivity contribution < 1.29 is 92.0 Å². The maximum absolute atomic E-state index is 13.8. The fraction of sp³-hybridized carbons (Fsp3) is 0.632. The Bertz CT molecular complexity index is 2070. The van der Waals surface area contributed by atoms with Crippen molar-refractivity contribution >= 4 is 18.0 Å². The van der Waals surface area contributed by atoms with Crippen molar-refractivity contribution in [3.8, 4) is 0 Å². The number of fused-ring (bicyclic) bond motifs is 6. The Morgan fingerprint density at radius 3 is 1.96 bits per heavy atom. The molecule has 4 fully saturated rings. The minimum atomic E-state index is -1.63. The highest BCUT2D eigenvalue weighted by molar-refractivity contribution is 5.74. The maximum Gasteiger partial charge on any atom is 0.407 e. The molecule has 2 unspecified atom stereocenters. The molecule has 0 aromatic rings. The highest BCUT2D eigenvalue weighted by Gasteiger charge is 2.53. The lowest BCUT2D eigenvalue weighted by Gasteiger charge is -2.48. The van der Waals surface area contributed by atoms with Crippen LogP contribution in [0.15, 0.2) is 110 Å². The van der Waals surface area contributed by atoms with Gasteiger partial charge in [-0.3, -0.25) is 9.59 Å². The van der Waals surface area contributed by atoms with Crippen LogP contribution in [0.2, 0.25) is 0 Å². The number of esters is 2. The predicted octanol–water partition coefficient (Wildman–Crippen LogP) is 5.00. The van der Waals surface area contributed by atoms with Gasteiger partial charge in [-0.2, -0.15) is 0 Å². The average Bonchev–Trinajstić information content (AvgIpc) is 3.40. The number of alkyl carbamates (subject to hydrolysis) is 1. The van der Waals surface area contributed by atoms with Crippen LogP contribution in [0.5, 0.6) is 0 Å². The van der Waals surface area contributed by atoms with E-state index in [0.717, 1.165) is 0 Å². The van der Waals surface area contributed by atoms with Crippen LogP contribution in [0.25, 0.3) is 0 Å². The number of ether oxygens (including phenoxy) is 11. The van der Waals surface area contributed by atoms with Gasteiger partial charge in [0.2, 0.25) is 0 Å². The molecule has 6 bridgehead atoms. The Balaban J connectivity index is 1.42. The first-order valence-corrected chi connectivity index (χ1v) is 26.6. The molecular weight excluding hydrogens is 1000 g/mol. The molecule has 0 aliphatic carbocycles. The number of rotatable bonds is 9. The molecule has 19 atom stereocenters. The Morgan fingerprint density at radius 1 is 0.688 bits per heavy atom. The zero-order chi connectivity index (χ0) is 55.9. The van der Waals surface area contributed by atoms with E-state index in [4.69, 9.17) is 52.1 Å². The van der Waals surface area contributed by atoms with Gasteiger partial charge < -0.3 is 83.0 Å². The number of hydrogen-bond donors (Lipinski definition) is 6. The standard InChI is InChI=1S/C57H83NO19/c1-8-26-68-54(65)49-45(60)33-57(67-7)32-43-30-46(73-35-72-43)44(59)25-24-40-28-42(71-34-70-40)31-48(61)74-38(5)37(4)51(62)36(3)22-20-18-16-14-12-10-11-13-15-17-19-21-23-41(29-47(49)77-57)76-55-53(64)50(52(63)39(6)75-55)58-56(66)69-27-9-2/h8-23,36-47,49-53,55,59-60,62-64H,1-2,24-35H2,3-7H3,(H,58,66)/b11-10+,14-12+,15-13+,18-16+,19-17+,22-20+,23-21+/t36-,37-,38-,39+,40+,41-,42+,43-,44+,45-,46+,47?,49+,50-,51?,52+,53-,55-,57+/m0/s1. The van der Waals surface area contributed by atoms with E-state index in [1.165, 1.54) is 19.3 Å². The maximum atomic E-state index is 13.8. The van der Waals surface area contributed by atoms with Crippen molar-refractivity contribution in [2.45, 2.75) is 177 Å². The molecule has 77 heavy (non-hydrogen) atoms. The molecule has 5 aliphatic heterocycles. The monoisotopic (exact) mass is 1090 g/mol. The number of allylic oxidation sites excluding steroid dienone is 12. The SMILES string of the molecule is C=CCOC(=O)N[C@@H]1[C@H](O)[C@H](O[C@H]2/C=C/C=C/C=C/C=C/C=C/C=C/C=C/[C@H](C)C(O)[C@@H](C)[C@H](C)OC(=O)C[C@H]3C[C@@H](CC[C@@H](O)[C@H]4C[C@@H](C[C@]5(OC)C[C@H](O)[C@@H](C(=O)OCC=C)C(C2)O5)OCO4)OCO3)O[C@H](C)[C@H]1O. The highest BCUT2D eigenvalue weighted by Crippen LogP contribution is 2.42. The second-order valence-corrected chi connectivity index (χ2v) is 20.1. The van der Waals surface area contributed by atoms with Gasteiger partial charge in [0.05, 0.1) is 73.5 Å². The number of methoxy groups -OCH3 is 1. The topological polar surface area (TPSA) is 266 Å². The van der Waals surface area contributed by atoms with E-state index in [-0.39, 0.29) is 83.3 Å². The quantitative estimate of drug-likeness (QED) is 0.101. The Labute approximate surface area is 452 Å². The van der Waals surface area contributed by atoms with Crippen molar-refractivity contribution in [3.05, 3.63) is 110 Å². The van der Waals surface area contributed by atoms with E-state index >= 15 is 0 Å². The van der Waals surface area contributed by atoms with Crippen molar-refractivity contribution in [3.63, 3.8) is 0 Å². The van der Waals surface area contributed by atoms with E-state index in [9.17, 15) is 39.9 Å². The van der Waals surface area contributed by atoms with E-state index in [1.54, 1.807) is 44.2 Å². The third-order valence-electron chi connectivity index (χ3n) is 14.4. The van der Waals surface area contributed by atoms with Crippen molar-refractivity contribution in [2.24, 2.45) is 17.8 Å². The number of cyclic esters (lactones) is 1. The Kier molecular flexibility index (Phi) is 26.6. The van der Waals surface area contributed by atoms with Gasteiger partial charge in [0.25, 0.3) is 0 Å². The summed E-state index contributed by atoms with van der Waals surface area (Å²) in [6, 6.07) is -1.29. The number of carbonyl (C=O) groups is 3. The fourth-order valence-corrected chi connectivity index (χ4v) is 9.80. The van der Waals surface area contributed by atoms with Crippen LogP contribution in [-0.2, 0) is 61.7 Å². The highest BCUT2D eigenvalue weighted by atomic mass is 16.7. The molecule has 5 aliphatic rings. The normalized spacial score (nSPS) is 41.4. The third kappa shape index (κ3) is 19.9. The van der Waals surface area contributed by atoms with Crippen LogP contribution in [-0.4, -0.2) is 175 Å². The van der Waals surface area contributed by atoms with Gasteiger partial charge >= 0.3 is 18.0 Å². The molecule has 0 saturated carbocycles. The molecule has 20 heteroatoms. The van der Waals surface area contributed by atoms with Crippen LogP contribution in [0.1, 0.15) is 79.1 Å². The molecule has 5 rings (SSSR count). The molecule has 0 aromatic carbocycles. The summed E-state index contributed by atoms with van der Waals surface area (Å²) in [6.07, 6.45) is 14.8. The summed E-state index contributed by atoms with van der Waals surface area (Å²) in [5.74, 6) is -4.62. The van der Waals surface area contributed by atoms with Crippen LogP contribution in [0.4, 0.5) is 4.79 Å². The molecule has 0 radical (unpaired) electrons. The second-order valence-electron chi connectivity index (χ2n) is 20.1. The van der Waals surface area contributed by atoms with Crippen LogP contribution in [0.3, 0.4) is 0 Å². The van der Waals surface area contributed by atoms with E-state index in [0.29, 0.717) is 12.8 Å². The minimum absolute atomic E-state index is 0.00652. The van der Waals surface area contributed by atoms with Crippen molar-refractivity contribution in [2.75, 3.05) is 33.9 Å². The largest absolute Gasteiger partial charge is 0.462 e. The van der Waals surface area contributed by atoms with Crippen molar-refractivity contribution in [1.82, 2.24) is 5.32 Å². The lowest BCUT2D eigenvalue weighted by Crippen LogP contribution is -2.64. The molecule has 0 aromatic heterocycles. The molecular formula is C57H83NO19. The van der Waals surface area contributed by atoms with Gasteiger partial charge in [0, 0.05) is 51.0 Å². The zero-order valence-corrected chi connectivity index (χ0v) is 45.0. The number of aliphatic hydroxyl groups is 5. The first-order valence-electron chi connectivity index (χ1n) is 26.6. The lowest BCUT2D eigenvalue weighted by molar-refractivity contribution is -0.324. The summed E-state index contributed by atoms with van der Waals surface area (Å²) < 4.78 is 65.1. The van der Waals surface area contributed by atoms with Gasteiger partial charge in [0.1, 0.15) is 51.0 Å². The summed E-state index contributed by atoms with van der Waals surface area (Å²) in [7, 11) is 1.41. The average molecular weight is 1090 g/mol. The van der Waals surface area contributed by atoms with Gasteiger partial charge in [0.15, 0.2) is 12.1 Å². The van der Waals surface area contributed by atoms with Crippen LogP contribution >= 0.6 is 0 Å². The third-order valence-corrected chi connectivity index (χ3v) is 14.4. The number of amides is 1. The summed E-state index contributed by atoms with van der Waals surface area (Å²) >= 11 is 0. The summed E-state index contributed by atoms with van der Waals surface area (Å²) in [6.45, 7) is 13.8. The molecule has 1 amide bonds. The first-order chi connectivity index (χ1) is 37.0. The molecule has 4 saturated heterocycles. The predicted molar refractivity (Wildman–Crippen MR) is 281 cm³/mol. The number of aliphatic hydroxyl groups excluding tert-OH is 5. The lowest BCUT2D eigenvalue weighted by atomic mass is 9.82. The Hall–Kier alpha value is -4.65. The number of nitrogens with one attached hydrogen (secondary N) is 1. The van der Waals surface area contributed by atoms with Crippen molar-refractivity contribution in [1.29, 1.82) is 0 Å². The molecule has 6 N–H and O–H groups in total. The van der Waals surface area contributed by atoms with Gasteiger partial charge in [-0.15, -0.1) is 0 Å². The Morgan fingerprint density at radius 2 is 1.30 bits per heavy atom. The summed E-state index contributed by atoms with van der Waals surface area (Å²) in [4.78, 5) is 39.5. The van der Waals surface area contributed by atoms with E-state index in [2.05, 4.69) is 18.5 Å². The van der Waals surface area contributed by atoms with Gasteiger partial charge in [-0.05, 0) is 26.7 Å². The number of carbonyl (C=O) groups excluding carboxylic acids is 3. The smallest absolute Gasteiger partial charge is 0.407 e. The molecule has 5 heterocycles. The van der Waals surface area contributed by atoms with E-state index in [1.807, 2.05) is 68.5 Å². The van der Waals surface area contributed by atoms with Crippen LogP contribution < -0.4 is 5.32 Å². The summed E-state index contributed by atoms with van der Waals surface area (Å²) in [5, 5.41) is 59.5. The molecule has 430 valence electrons.